The molecule has 0 saturated heterocycles. The van der Waals surface area contributed by atoms with Crippen molar-refractivity contribution in [3.8, 4) is 11.3 Å². The van der Waals surface area contributed by atoms with E-state index >= 15 is 0 Å². The number of nitrogens with zero attached hydrogens (tertiary/aromatic N) is 2. The van der Waals surface area contributed by atoms with Gasteiger partial charge in [0.2, 0.25) is 0 Å². The van der Waals surface area contributed by atoms with Crippen LogP contribution in [0.3, 0.4) is 0 Å². The van der Waals surface area contributed by atoms with Gasteiger partial charge in [-0.25, -0.2) is 9.97 Å². The molecule has 1 N–H and O–H groups in total. The summed E-state index contributed by atoms with van der Waals surface area (Å²) in [6, 6.07) is 8.45. The van der Waals surface area contributed by atoms with E-state index in [0.29, 0.717) is 0 Å². The van der Waals surface area contributed by atoms with Crippen molar-refractivity contribution in [1.29, 1.82) is 0 Å². The maximum absolute atomic E-state index is 4.70. The molecule has 2 heterocycles. The predicted octanol–water partition coefficient (Wildman–Crippen LogP) is 5.18. The summed E-state index contributed by atoms with van der Waals surface area (Å²) in [6.45, 7) is 8.44. The van der Waals surface area contributed by atoms with E-state index in [0.717, 1.165) is 22.2 Å². The zero-order valence-electron chi connectivity index (χ0n) is 13.3. The Hall–Kier alpha value is -2.20. The molecule has 0 saturated carbocycles. The maximum Gasteiger partial charge on any atom is 0.188 e. The van der Waals surface area contributed by atoms with Crippen molar-refractivity contribution in [3.63, 3.8) is 0 Å². The lowest BCUT2D eigenvalue weighted by Crippen LogP contribution is -1.93. The van der Waals surface area contributed by atoms with E-state index in [1.54, 1.807) is 11.3 Å². The fourth-order valence-electron chi connectivity index (χ4n) is 2.34. The minimum atomic E-state index is 0.823. The van der Waals surface area contributed by atoms with E-state index in [2.05, 4.69) is 48.6 Å². The minimum Gasteiger partial charge on any atom is -0.316 e. The second kappa shape index (κ2) is 5.89. The number of rotatable bonds is 3. The molecule has 0 spiro atoms. The van der Waals surface area contributed by atoms with Gasteiger partial charge in [-0.1, -0.05) is 12.1 Å². The van der Waals surface area contributed by atoms with Crippen molar-refractivity contribution < 1.29 is 0 Å². The molecule has 0 unspecified atom stereocenters. The van der Waals surface area contributed by atoms with Crippen molar-refractivity contribution in [3.05, 3.63) is 58.1 Å². The SMILES string of the molecule is Cc1ccc(Nc2nc(-c3cc(C)c(C)cc3C)cs2)nc1. The molecule has 0 atom stereocenters. The van der Waals surface area contributed by atoms with Gasteiger partial charge in [-0.05, 0) is 62.1 Å². The standard InChI is InChI=1S/C18H19N3S/c1-11-5-6-17(19-9-11)21-18-20-16(10-22-18)15-8-13(3)12(2)7-14(15)4/h5-10H,1-4H3,(H,19,20,21). The topological polar surface area (TPSA) is 37.8 Å². The van der Waals surface area contributed by atoms with Crippen LogP contribution in [-0.2, 0) is 0 Å². The van der Waals surface area contributed by atoms with Crippen LogP contribution in [0, 0.1) is 27.7 Å². The fourth-order valence-corrected chi connectivity index (χ4v) is 3.06. The molecule has 0 aliphatic rings. The summed E-state index contributed by atoms with van der Waals surface area (Å²) in [5.41, 5.74) is 7.23. The van der Waals surface area contributed by atoms with Gasteiger partial charge in [0.1, 0.15) is 5.82 Å². The van der Waals surface area contributed by atoms with E-state index in [-0.39, 0.29) is 0 Å². The smallest absolute Gasteiger partial charge is 0.188 e. The van der Waals surface area contributed by atoms with Crippen LogP contribution < -0.4 is 5.32 Å². The van der Waals surface area contributed by atoms with Crippen molar-refractivity contribution in [2.24, 2.45) is 0 Å². The number of anilines is 2. The summed E-state index contributed by atoms with van der Waals surface area (Å²) in [6.07, 6.45) is 1.85. The Morgan fingerprint density at radius 2 is 1.73 bits per heavy atom. The number of aromatic nitrogens is 2. The third kappa shape index (κ3) is 3.02. The van der Waals surface area contributed by atoms with E-state index in [1.807, 2.05) is 25.3 Å². The van der Waals surface area contributed by atoms with Crippen LogP contribution in [-0.4, -0.2) is 9.97 Å². The highest BCUT2D eigenvalue weighted by Gasteiger charge is 2.09. The van der Waals surface area contributed by atoms with Gasteiger partial charge in [-0.15, -0.1) is 11.3 Å². The second-order valence-electron chi connectivity index (χ2n) is 5.64. The van der Waals surface area contributed by atoms with Gasteiger partial charge in [0, 0.05) is 17.1 Å². The summed E-state index contributed by atoms with van der Waals surface area (Å²) < 4.78 is 0. The molecule has 1 aromatic carbocycles. The monoisotopic (exact) mass is 309 g/mol. The molecule has 0 aliphatic carbocycles. The normalized spacial score (nSPS) is 10.7. The molecular weight excluding hydrogens is 290 g/mol. The van der Waals surface area contributed by atoms with Crippen molar-refractivity contribution in [2.45, 2.75) is 27.7 Å². The van der Waals surface area contributed by atoms with E-state index < -0.39 is 0 Å². The van der Waals surface area contributed by atoms with Crippen LogP contribution in [0.5, 0.6) is 0 Å². The fraction of sp³-hybridized carbons (Fsp3) is 0.222. The van der Waals surface area contributed by atoms with Gasteiger partial charge in [0.25, 0.3) is 0 Å². The summed E-state index contributed by atoms with van der Waals surface area (Å²) in [7, 11) is 0. The van der Waals surface area contributed by atoms with Gasteiger partial charge in [0.05, 0.1) is 5.69 Å². The van der Waals surface area contributed by atoms with Crippen molar-refractivity contribution in [2.75, 3.05) is 5.32 Å². The Bertz CT molecular complexity index is 804. The van der Waals surface area contributed by atoms with Crippen LogP contribution in [0.2, 0.25) is 0 Å². The highest BCUT2D eigenvalue weighted by molar-refractivity contribution is 7.14. The average Bonchev–Trinajstić information content (AvgIpc) is 2.93. The van der Waals surface area contributed by atoms with Crippen LogP contribution in [0.25, 0.3) is 11.3 Å². The maximum atomic E-state index is 4.70. The average molecular weight is 309 g/mol. The molecule has 3 nitrogen and oxygen atoms in total. The number of nitrogens with one attached hydrogen (secondary N) is 1. The lowest BCUT2D eigenvalue weighted by atomic mass is 9.99. The molecule has 0 amide bonds. The molecule has 4 heteroatoms. The Kier molecular flexibility index (Phi) is 3.94. The first-order valence-corrected chi connectivity index (χ1v) is 8.14. The highest BCUT2D eigenvalue weighted by atomic mass is 32.1. The number of aryl methyl sites for hydroxylation is 4. The number of benzene rings is 1. The van der Waals surface area contributed by atoms with Crippen molar-refractivity contribution in [1.82, 2.24) is 9.97 Å². The van der Waals surface area contributed by atoms with Crippen LogP contribution >= 0.6 is 11.3 Å². The Labute approximate surface area is 135 Å². The molecule has 0 fully saturated rings. The highest BCUT2D eigenvalue weighted by Crippen LogP contribution is 2.30. The van der Waals surface area contributed by atoms with Gasteiger partial charge in [0.15, 0.2) is 5.13 Å². The summed E-state index contributed by atoms with van der Waals surface area (Å²) in [5, 5.41) is 6.22. The largest absolute Gasteiger partial charge is 0.316 e. The van der Waals surface area contributed by atoms with Gasteiger partial charge in [-0.3, -0.25) is 0 Å². The first kappa shape index (κ1) is 14.7. The lowest BCUT2D eigenvalue weighted by molar-refractivity contribution is 1.24. The predicted molar refractivity (Wildman–Crippen MR) is 94.0 cm³/mol. The third-order valence-electron chi connectivity index (χ3n) is 3.77. The first-order chi connectivity index (χ1) is 10.5. The van der Waals surface area contributed by atoms with E-state index in [1.165, 1.54) is 22.3 Å². The molecular formula is C18H19N3S. The minimum absolute atomic E-state index is 0.823. The molecule has 112 valence electrons. The molecule has 0 bridgehead atoms. The van der Waals surface area contributed by atoms with Gasteiger partial charge < -0.3 is 5.32 Å². The quantitative estimate of drug-likeness (QED) is 0.724. The number of hydrogen-bond donors (Lipinski definition) is 1. The Morgan fingerprint density at radius 3 is 2.45 bits per heavy atom. The lowest BCUT2D eigenvalue weighted by Gasteiger charge is -2.07. The zero-order valence-corrected chi connectivity index (χ0v) is 14.1. The van der Waals surface area contributed by atoms with E-state index in [4.69, 9.17) is 4.98 Å². The molecule has 0 aliphatic heterocycles. The number of pyridine rings is 1. The van der Waals surface area contributed by atoms with Gasteiger partial charge in [-0.2, -0.15) is 0 Å². The van der Waals surface area contributed by atoms with E-state index in [9.17, 15) is 0 Å². The molecule has 0 radical (unpaired) electrons. The number of hydrogen-bond acceptors (Lipinski definition) is 4. The number of thiazole rings is 1. The van der Waals surface area contributed by atoms with Crippen LogP contribution in [0.4, 0.5) is 10.9 Å². The summed E-state index contributed by atoms with van der Waals surface area (Å²) in [4.78, 5) is 9.05. The molecule has 3 aromatic rings. The second-order valence-corrected chi connectivity index (χ2v) is 6.49. The van der Waals surface area contributed by atoms with Gasteiger partial charge >= 0.3 is 0 Å². The zero-order chi connectivity index (χ0) is 15.7. The molecule has 22 heavy (non-hydrogen) atoms. The summed E-state index contributed by atoms with van der Waals surface area (Å²) >= 11 is 1.60. The molecule has 3 rings (SSSR count). The van der Waals surface area contributed by atoms with Crippen LogP contribution in [0.1, 0.15) is 22.3 Å². The third-order valence-corrected chi connectivity index (χ3v) is 4.52. The summed E-state index contributed by atoms with van der Waals surface area (Å²) in [5.74, 6) is 0.823. The Morgan fingerprint density at radius 1 is 0.955 bits per heavy atom. The van der Waals surface area contributed by atoms with Crippen molar-refractivity contribution >= 4 is 22.3 Å². The molecule has 2 aromatic heterocycles. The first-order valence-electron chi connectivity index (χ1n) is 7.26. The Balaban J connectivity index is 1.87. The van der Waals surface area contributed by atoms with Crippen LogP contribution in [0.15, 0.2) is 35.8 Å².